The Morgan fingerprint density at radius 1 is 0.926 bits per heavy atom. The molecule has 6 heteroatoms. The Balaban J connectivity index is 1.89. The number of nitrogens with zero attached hydrogens (tertiary/aromatic N) is 2. The second-order valence-electron chi connectivity index (χ2n) is 7.31. The van der Waals surface area contributed by atoms with E-state index in [-0.39, 0.29) is 17.7 Å². The number of benzene rings is 2. The lowest BCUT2D eigenvalue weighted by Crippen LogP contribution is -2.52. The molecular weight excluding hydrogens is 344 g/mol. The van der Waals surface area contributed by atoms with Crippen molar-refractivity contribution >= 4 is 17.9 Å². The van der Waals surface area contributed by atoms with E-state index in [0.29, 0.717) is 6.42 Å². The Morgan fingerprint density at radius 3 is 1.96 bits per heavy atom. The minimum Gasteiger partial charge on any atom is -0.442 e. The number of rotatable bonds is 4. The number of carbonyl (C=O) groups is 3. The molecule has 2 aromatic carbocycles. The molecule has 0 fully saturated rings. The molecule has 6 nitrogen and oxygen atoms in total. The third-order valence-corrected chi connectivity index (χ3v) is 4.07. The lowest BCUT2D eigenvalue weighted by Gasteiger charge is -2.32. The summed E-state index contributed by atoms with van der Waals surface area (Å²) < 4.78 is 5.44. The highest BCUT2D eigenvalue weighted by atomic mass is 16.6. The molecule has 2 aromatic rings. The summed E-state index contributed by atoms with van der Waals surface area (Å²) in [4.78, 5) is 38.3. The predicted molar refractivity (Wildman–Crippen MR) is 100 cm³/mol. The largest absolute Gasteiger partial charge is 0.442 e. The molecule has 0 N–H and O–H groups in total. The van der Waals surface area contributed by atoms with Crippen molar-refractivity contribution in [1.29, 1.82) is 0 Å². The fourth-order valence-electron chi connectivity index (χ4n) is 2.86. The maximum absolute atomic E-state index is 12.8. The number of fused-ring (bicyclic) bond motifs is 1. The van der Waals surface area contributed by atoms with Gasteiger partial charge in [0.25, 0.3) is 11.8 Å². The normalized spacial score (nSPS) is 13.5. The van der Waals surface area contributed by atoms with Crippen LogP contribution in [0.1, 0.15) is 47.1 Å². The summed E-state index contributed by atoms with van der Waals surface area (Å²) in [7, 11) is 0. The maximum atomic E-state index is 12.8. The third-order valence-electron chi connectivity index (χ3n) is 4.07. The molecule has 0 bridgehead atoms. The Hall–Kier alpha value is -3.15. The highest BCUT2D eigenvalue weighted by molar-refractivity contribution is 6.21. The van der Waals surface area contributed by atoms with Gasteiger partial charge >= 0.3 is 6.09 Å². The molecule has 0 aliphatic carbocycles. The molecule has 0 aromatic heterocycles. The summed E-state index contributed by atoms with van der Waals surface area (Å²) in [6.45, 7) is 5.36. The molecule has 1 heterocycles. The Labute approximate surface area is 158 Å². The number of ether oxygens (including phenoxy) is 1. The van der Waals surface area contributed by atoms with E-state index in [2.05, 4.69) is 0 Å². The van der Waals surface area contributed by atoms with Gasteiger partial charge in [0.15, 0.2) is 0 Å². The lowest BCUT2D eigenvalue weighted by atomic mass is 10.1. The maximum Gasteiger partial charge on any atom is 0.429 e. The SMILES string of the molecule is CC(C)(C)OC(=O)N(CCc1ccccc1)N1C(=O)c2ccccc2C1=O. The van der Waals surface area contributed by atoms with Crippen LogP contribution in [0.2, 0.25) is 0 Å². The predicted octanol–water partition coefficient (Wildman–Crippen LogP) is 3.68. The second kappa shape index (κ2) is 7.23. The quantitative estimate of drug-likeness (QED) is 0.774. The summed E-state index contributed by atoms with van der Waals surface area (Å²) in [5.74, 6) is -1.04. The Bertz CT molecular complexity index is 836. The van der Waals surface area contributed by atoms with Gasteiger partial charge in [-0.25, -0.2) is 9.80 Å². The summed E-state index contributed by atoms with van der Waals surface area (Å²) in [5, 5.41) is 1.99. The number of hydrazine groups is 1. The highest BCUT2D eigenvalue weighted by Crippen LogP contribution is 2.25. The van der Waals surface area contributed by atoms with E-state index in [9.17, 15) is 14.4 Å². The van der Waals surface area contributed by atoms with Crippen LogP contribution in [-0.2, 0) is 11.2 Å². The number of hydrogen-bond donors (Lipinski definition) is 0. The van der Waals surface area contributed by atoms with Crippen LogP contribution in [0, 0.1) is 0 Å². The van der Waals surface area contributed by atoms with Gasteiger partial charge in [0.1, 0.15) is 5.60 Å². The fourth-order valence-corrected chi connectivity index (χ4v) is 2.86. The van der Waals surface area contributed by atoms with Gasteiger partial charge in [0, 0.05) is 0 Å². The molecule has 0 saturated heterocycles. The average molecular weight is 366 g/mol. The van der Waals surface area contributed by atoms with Gasteiger partial charge in [-0.2, -0.15) is 5.01 Å². The van der Waals surface area contributed by atoms with Crippen LogP contribution in [-0.4, -0.2) is 40.1 Å². The van der Waals surface area contributed by atoms with Gasteiger partial charge in [0.05, 0.1) is 17.7 Å². The molecule has 3 amide bonds. The first-order valence-corrected chi connectivity index (χ1v) is 8.80. The van der Waals surface area contributed by atoms with E-state index in [0.717, 1.165) is 15.6 Å². The smallest absolute Gasteiger partial charge is 0.429 e. The van der Waals surface area contributed by atoms with Crippen molar-refractivity contribution in [2.45, 2.75) is 32.8 Å². The van der Waals surface area contributed by atoms with Crippen molar-refractivity contribution in [3.63, 3.8) is 0 Å². The number of carbonyl (C=O) groups excluding carboxylic acids is 3. The Morgan fingerprint density at radius 2 is 1.44 bits per heavy atom. The fraction of sp³-hybridized carbons (Fsp3) is 0.286. The van der Waals surface area contributed by atoms with Crippen molar-refractivity contribution < 1.29 is 19.1 Å². The van der Waals surface area contributed by atoms with Crippen LogP contribution in [0.4, 0.5) is 4.79 Å². The van der Waals surface area contributed by atoms with E-state index in [1.54, 1.807) is 45.0 Å². The molecule has 0 spiro atoms. The first-order chi connectivity index (χ1) is 12.8. The lowest BCUT2D eigenvalue weighted by molar-refractivity contribution is -0.0283. The average Bonchev–Trinajstić information content (AvgIpc) is 2.87. The monoisotopic (exact) mass is 366 g/mol. The number of amides is 3. The topological polar surface area (TPSA) is 66.9 Å². The molecule has 0 radical (unpaired) electrons. The summed E-state index contributed by atoms with van der Waals surface area (Å²) >= 11 is 0. The van der Waals surface area contributed by atoms with E-state index < -0.39 is 23.5 Å². The third kappa shape index (κ3) is 4.00. The van der Waals surface area contributed by atoms with E-state index in [1.807, 2.05) is 30.3 Å². The minimum absolute atomic E-state index is 0.143. The minimum atomic E-state index is -0.749. The van der Waals surface area contributed by atoms with Crippen molar-refractivity contribution in [3.05, 3.63) is 71.3 Å². The van der Waals surface area contributed by atoms with Crippen LogP contribution in [0.3, 0.4) is 0 Å². The summed E-state index contributed by atoms with van der Waals surface area (Å²) in [6, 6.07) is 16.1. The van der Waals surface area contributed by atoms with Gasteiger partial charge in [-0.1, -0.05) is 42.5 Å². The molecule has 1 aliphatic rings. The van der Waals surface area contributed by atoms with Crippen molar-refractivity contribution in [2.24, 2.45) is 0 Å². The summed E-state index contributed by atoms with van der Waals surface area (Å²) in [6.07, 6.45) is -0.249. The van der Waals surface area contributed by atoms with Gasteiger partial charge in [-0.05, 0) is 44.9 Å². The zero-order valence-electron chi connectivity index (χ0n) is 15.6. The van der Waals surface area contributed by atoms with E-state index in [4.69, 9.17) is 4.74 Å². The van der Waals surface area contributed by atoms with Gasteiger partial charge in [-0.3, -0.25) is 9.59 Å². The van der Waals surface area contributed by atoms with Gasteiger partial charge < -0.3 is 4.74 Å². The zero-order chi connectivity index (χ0) is 19.6. The molecular formula is C21H22N2O4. The standard InChI is InChI=1S/C21H22N2O4/c1-21(2,3)27-20(26)22(14-13-15-9-5-4-6-10-15)23-18(24)16-11-7-8-12-17(16)19(23)25/h4-12H,13-14H2,1-3H3. The highest BCUT2D eigenvalue weighted by Gasteiger charge is 2.42. The summed E-state index contributed by atoms with van der Waals surface area (Å²) in [5.41, 5.74) is 0.815. The molecule has 0 saturated carbocycles. The Kier molecular flexibility index (Phi) is 4.99. The van der Waals surface area contributed by atoms with Crippen LogP contribution in [0.15, 0.2) is 54.6 Å². The van der Waals surface area contributed by atoms with E-state index >= 15 is 0 Å². The molecule has 27 heavy (non-hydrogen) atoms. The molecule has 0 unspecified atom stereocenters. The second-order valence-corrected chi connectivity index (χ2v) is 7.31. The first-order valence-electron chi connectivity index (χ1n) is 8.80. The zero-order valence-corrected chi connectivity index (χ0v) is 15.6. The van der Waals surface area contributed by atoms with Gasteiger partial charge in [0.2, 0.25) is 0 Å². The van der Waals surface area contributed by atoms with Crippen LogP contribution in [0.25, 0.3) is 0 Å². The van der Waals surface area contributed by atoms with Crippen LogP contribution in [0.5, 0.6) is 0 Å². The molecule has 3 rings (SSSR count). The first kappa shape index (κ1) is 18.6. The number of hydrogen-bond acceptors (Lipinski definition) is 4. The molecule has 0 atom stereocenters. The number of imide groups is 1. The van der Waals surface area contributed by atoms with Crippen LogP contribution >= 0.6 is 0 Å². The van der Waals surface area contributed by atoms with Crippen molar-refractivity contribution in [2.75, 3.05) is 6.54 Å². The van der Waals surface area contributed by atoms with Crippen LogP contribution < -0.4 is 0 Å². The van der Waals surface area contributed by atoms with E-state index in [1.165, 1.54) is 0 Å². The van der Waals surface area contributed by atoms with Crippen molar-refractivity contribution in [3.8, 4) is 0 Å². The molecule has 1 aliphatic heterocycles. The molecule has 140 valence electrons. The van der Waals surface area contributed by atoms with Gasteiger partial charge in [-0.15, -0.1) is 0 Å². The van der Waals surface area contributed by atoms with Crippen molar-refractivity contribution in [1.82, 2.24) is 10.0 Å².